The van der Waals surface area contributed by atoms with Gasteiger partial charge in [-0.3, -0.25) is 4.79 Å². The summed E-state index contributed by atoms with van der Waals surface area (Å²) in [4.78, 5) is 12.5. The lowest BCUT2D eigenvalue weighted by Gasteiger charge is -2.23. The fourth-order valence-electron chi connectivity index (χ4n) is 2.63. The zero-order chi connectivity index (χ0) is 17.7. The van der Waals surface area contributed by atoms with Crippen LogP contribution in [0.15, 0.2) is 48.5 Å². The highest BCUT2D eigenvalue weighted by Gasteiger charge is 2.26. The number of halogens is 2. The van der Waals surface area contributed by atoms with E-state index in [-0.39, 0.29) is 18.0 Å². The van der Waals surface area contributed by atoms with Gasteiger partial charge in [-0.25, -0.2) is 0 Å². The molecule has 3 N–H and O–H groups in total. The van der Waals surface area contributed by atoms with Crippen LogP contribution >= 0.6 is 23.2 Å². The predicted octanol–water partition coefficient (Wildman–Crippen LogP) is 4.28. The van der Waals surface area contributed by atoms with E-state index in [4.69, 9.17) is 23.2 Å². The zero-order valence-corrected chi connectivity index (χ0v) is 15.6. The van der Waals surface area contributed by atoms with Crippen molar-refractivity contribution in [1.82, 2.24) is 0 Å². The van der Waals surface area contributed by atoms with Gasteiger partial charge in [0.25, 0.3) is 5.91 Å². The van der Waals surface area contributed by atoms with Crippen molar-refractivity contribution in [2.24, 2.45) is 5.92 Å². The number of carbonyl (C=O) groups excluding carboxylic acids is 1. The molecule has 0 saturated heterocycles. The average Bonchev–Trinajstić information content (AvgIpc) is 2.55. The third-order valence-corrected chi connectivity index (χ3v) is 4.55. The molecular formula is C19H23Cl2N2O+. The second-order valence-corrected chi connectivity index (χ2v) is 7.12. The Labute approximate surface area is 153 Å². The molecule has 0 heterocycles. The molecular weight excluding hydrogens is 343 g/mol. The Morgan fingerprint density at radius 1 is 1.04 bits per heavy atom. The van der Waals surface area contributed by atoms with Gasteiger partial charge >= 0.3 is 0 Å². The summed E-state index contributed by atoms with van der Waals surface area (Å²) >= 11 is 12.0. The summed E-state index contributed by atoms with van der Waals surface area (Å²) in [6.45, 7) is 6.22. The summed E-state index contributed by atoms with van der Waals surface area (Å²) in [7, 11) is 0. The highest BCUT2D eigenvalue weighted by molar-refractivity contribution is 6.36. The fraction of sp³-hybridized carbons (Fsp3) is 0.316. The first kappa shape index (κ1) is 18.8. The van der Waals surface area contributed by atoms with E-state index in [0.717, 1.165) is 0 Å². The minimum absolute atomic E-state index is 0.0826. The number of hydrogen-bond acceptors (Lipinski definition) is 1. The lowest BCUT2D eigenvalue weighted by atomic mass is 9.95. The highest BCUT2D eigenvalue weighted by atomic mass is 35.5. The SMILES string of the molecule is CC(C)[C@@H]([NH2+][C@@H](C)C(=O)Nc1ccc(Cl)cc1Cl)c1ccccc1. The molecule has 0 aliphatic carbocycles. The minimum Gasteiger partial charge on any atom is -0.330 e. The average molecular weight is 366 g/mol. The van der Waals surface area contributed by atoms with Gasteiger partial charge in [0.1, 0.15) is 6.04 Å². The molecule has 3 nitrogen and oxygen atoms in total. The van der Waals surface area contributed by atoms with E-state index in [1.54, 1.807) is 18.2 Å². The summed E-state index contributed by atoms with van der Waals surface area (Å²) < 4.78 is 0. The molecule has 0 saturated carbocycles. The van der Waals surface area contributed by atoms with E-state index in [9.17, 15) is 4.79 Å². The third-order valence-electron chi connectivity index (χ3n) is 4.00. The number of quaternary nitrogens is 1. The monoisotopic (exact) mass is 365 g/mol. The lowest BCUT2D eigenvalue weighted by molar-refractivity contribution is -0.718. The van der Waals surface area contributed by atoms with E-state index in [2.05, 4.69) is 36.6 Å². The van der Waals surface area contributed by atoms with Crippen molar-refractivity contribution in [2.75, 3.05) is 5.32 Å². The maximum atomic E-state index is 12.5. The first-order chi connectivity index (χ1) is 11.4. The van der Waals surface area contributed by atoms with Gasteiger partial charge in [-0.2, -0.15) is 0 Å². The van der Waals surface area contributed by atoms with Crippen molar-refractivity contribution in [3.63, 3.8) is 0 Å². The number of nitrogens with one attached hydrogen (secondary N) is 1. The maximum absolute atomic E-state index is 12.5. The molecule has 2 aromatic carbocycles. The van der Waals surface area contributed by atoms with Crippen LogP contribution in [0.1, 0.15) is 32.4 Å². The first-order valence-electron chi connectivity index (χ1n) is 8.04. The van der Waals surface area contributed by atoms with Crippen molar-refractivity contribution < 1.29 is 10.1 Å². The summed E-state index contributed by atoms with van der Waals surface area (Å²) in [5.41, 5.74) is 1.80. The Morgan fingerprint density at radius 3 is 2.29 bits per heavy atom. The number of amides is 1. The van der Waals surface area contributed by atoms with Crippen LogP contribution in [-0.2, 0) is 4.79 Å². The van der Waals surface area contributed by atoms with Crippen LogP contribution in [-0.4, -0.2) is 11.9 Å². The largest absolute Gasteiger partial charge is 0.330 e. The van der Waals surface area contributed by atoms with Crippen molar-refractivity contribution in [1.29, 1.82) is 0 Å². The second kappa shape index (κ2) is 8.52. The van der Waals surface area contributed by atoms with Crippen LogP contribution in [0, 0.1) is 5.92 Å². The predicted molar refractivity (Wildman–Crippen MR) is 101 cm³/mol. The molecule has 1 amide bonds. The Bertz CT molecular complexity index is 689. The van der Waals surface area contributed by atoms with E-state index in [0.29, 0.717) is 21.7 Å². The minimum atomic E-state index is -0.246. The molecule has 0 aliphatic rings. The van der Waals surface area contributed by atoms with Crippen LogP contribution in [0.2, 0.25) is 10.0 Å². The smallest absolute Gasteiger partial charge is 0.282 e. The van der Waals surface area contributed by atoms with Crippen molar-refractivity contribution in [3.05, 3.63) is 64.1 Å². The van der Waals surface area contributed by atoms with E-state index in [1.165, 1.54) is 5.56 Å². The molecule has 0 fully saturated rings. The number of hydrogen-bond donors (Lipinski definition) is 2. The van der Waals surface area contributed by atoms with E-state index >= 15 is 0 Å². The van der Waals surface area contributed by atoms with Gasteiger partial charge in [-0.05, 0) is 25.1 Å². The molecule has 128 valence electrons. The molecule has 0 spiro atoms. The third kappa shape index (κ3) is 4.97. The highest BCUT2D eigenvalue weighted by Crippen LogP contribution is 2.25. The Balaban J connectivity index is 2.06. The van der Waals surface area contributed by atoms with Crippen LogP contribution in [0.4, 0.5) is 5.69 Å². The molecule has 2 rings (SSSR count). The molecule has 0 aliphatic heterocycles. The van der Waals surface area contributed by atoms with Gasteiger partial charge in [-0.1, -0.05) is 67.4 Å². The molecule has 0 aromatic heterocycles. The van der Waals surface area contributed by atoms with Gasteiger partial charge < -0.3 is 10.6 Å². The van der Waals surface area contributed by atoms with Crippen LogP contribution in [0.3, 0.4) is 0 Å². The van der Waals surface area contributed by atoms with E-state index in [1.807, 2.05) is 25.1 Å². The van der Waals surface area contributed by atoms with Crippen molar-refractivity contribution >= 4 is 34.8 Å². The Kier molecular flexibility index (Phi) is 6.67. The molecule has 5 heteroatoms. The second-order valence-electron chi connectivity index (χ2n) is 6.28. The maximum Gasteiger partial charge on any atom is 0.282 e. The standard InChI is InChI=1S/C19H22Cl2N2O/c1-12(2)18(14-7-5-4-6-8-14)22-13(3)19(24)23-17-10-9-15(20)11-16(17)21/h4-13,18,22H,1-3H3,(H,23,24)/p+1/t13-,18+/m0/s1. The number of rotatable bonds is 6. The van der Waals surface area contributed by atoms with Gasteiger partial charge in [0, 0.05) is 16.5 Å². The Morgan fingerprint density at radius 2 is 1.71 bits per heavy atom. The van der Waals surface area contributed by atoms with Gasteiger partial charge in [-0.15, -0.1) is 0 Å². The first-order valence-corrected chi connectivity index (χ1v) is 8.80. The quantitative estimate of drug-likeness (QED) is 0.788. The molecule has 0 unspecified atom stereocenters. The van der Waals surface area contributed by atoms with Gasteiger partial charge in [0.15, 0.2) is 6.04 Å². The van der Waals surface area contributed by atoms with Gasteiger partial charge in [0.05, 0.1) is 10.7 Å². The van der Waals surface area contributed by atoms with Crippen LogP contribution in [0.5, 0.6) is 0 Å². The van der Waals surface area contributed by atoms with Crippen molar-refractivity contribution in [3.8, 4) is 0 Å². The van der Waals surface area contributed by atoms with Gasteiger partial charge in [0.2, 0.25) is 0 Å². The number of anilines is 1. The molecule has 2 atom stereocenters. The normalized spacial score (nSPS) is 13.6. The van der Waals surface area contributed by atoms with Crippen LogP contribution < -0.4 is 10.6 Å². The number of nitrogens with two attached hydrogens (primary N) is 1. The molecule has 0 bridgehead atoms. The summed E-state index contributed by atoms with van der Waals surface area (Å²) in [6, 6.07) is 15.3. The summed E-state index contributed by atoms with van der Waals surface area (Å²) in [6.07, 6.45) is 0. The molecule has 24 heavy (non-hydrogen) atoms. The number of carbonyl (C=O) groups is 1. The van der Waals surface area contributed by atoms with E-state index < -0.39 is 0 Å². The van der Waals surface area contributed by atoms with Crippen LogP contribution in [0.25, 0.3) is 0 Å². The molecule has 2 aromatic rings. The Hall–Kier alpha value is -1.55. The fourth-order valence-corrected chi connectivity index (χ4v) is 3.09. The molecule has 0 radical (unpaired) electrons. The summed E-state index contributed by atoms with van der Waals surface area (Å²) in [5.74, 6) is 0.322. The zero-order valence-electron chi connectivity index (χ0n) is 14.1. The number of benzene rings is 2. The summed E-state index contributed by atoms with van der Waals surface area (Å²) in [5, 5.41) is 5.95. The topological polar surface area (TPSA) is 45.7 Å². The van der Waals surface area contributed by atoms with Crippen molar-refractivity contribution in [2.45, 2.75) is 32.9 Å². The lowest BCUT2D eigenvalue weighted by Crippen LogP contribution is -2.93.